The van der Waals surface area contributed by atoms with Crippen LogP contribution in [-0.2, 0) is 21.9 Å². The molecule has 2 heterocycles. The van der Waals surface area contributed by atoms with Crippen LogP contribution >= 0.6 is 23.1 Å². The number of amides is 1. The second-order valence-corrected chi connectivity index (χ2v) is 9.64. The van der Waals surface area contributed by atoms with Gasteiger partial charge in [-0.1, -0.05) is 30.3 Å². The van der Waals surface area contributed by atoms with Crippen LogP contribution in [0.4, 0.5) is 0 Å². The number of nitrogens with zero attached hydrogens (tertiary/aromatic N) is 1. The maximum Gasteiger partial charge on any atom is 0.259 e. The van der Waals surface area contributed by atoms with Crippen molar-refractivity contribution in [3.05, 3.63) is 62.5 Å². The highest BCUT2D eigenvalue weighted by molar-refractivity contribution is 7.99. The molecule has 0 saturated carbocycles. The molecule has 160 valence electrons. The van der Waals surface area contributed by atoms with Crippen LogP contribution in [0.15, 0.2) is 35.1 Å². The average molecular weight is 446 g/mol. The summed E-state index contributed by atoms with van der Waals surface area (Å²) in [6.07, 6.45) is 0.762. The number of benzene rings is 1. The quantitative estimate of drug-likeness (QED) is 0.462. The van der Waals surface area contributed by atoms with Crippen LogP contribution in [0.5, 0.6) is 0 Å². The van der Waals surface area contributed by atoms with E-state index in [0.717, 1.165) is 27.3 Å². The number of nitrogens with one attached hydrogen (secondary N) is 2. The Morgan fingerprint density at radius 2 is 2.07 bits per heavy atom. The van der Waals surface area contributed by atoms with Gasteiger partial charge in [-0.3, -0.25) is 9.59 Å². The summed E-state index contributed by atoms with van der Waals surface area (Å²) >= 11 is 2.99. The van der Waals surface area contributed by atoms with Crippen LogP contribution in [0.25, 0.3) is 10.2 Å². The first kappa shape index (κ1) is 22.5. The second kappa shape index (κ2) is 10.7. The van der Waals surface area contributed by atoms with Gasteiger partial charge in [-0.05, 0) is 38.3 Å². The Balaban J connectivity index is 1.38. The molecule has 0 unspecified atom stereocenters. The molecular weight excluding hydrogens is 418 g/mol. The predicted molar refractivity (Wildman–Crippen MR) is 124 cm³/mol. The molecule has 3 aromatic rings. The van der Waals surface area contributed by atoms with Crippen molar-refractivity contribution in [3.63, 3.8) is 0 Å². The number of aromatic amines is 1. The molecule has 8 heteroatoms. The number of hydrogen-bond donors (Lipinski definition) is 2. The Morgan fingerprint density at radius 1 is 1.30 bits per heavy atom. The lowest BCUT2D eigenvalue weighted by Crippen LogP contribution is -2.32. The molecule has 0 aliphatic heterocycles. The summed E-state index contributed by atoms with van der Waals surface area (Å²) in [4.78, 5) is 33.9. The summed E-state index contributed by atoms with van der Waals surface area (Å²) in [6.45, 7) is 7.56. The average Bonchev–Trinajstić information content (AvgIpc) is 3.03. The van der Waals surface area contributed by atoms with E-state index in [9.17, 15) is 9.59 Å². The van der Waals surface area contributed by atoms with Gasteiger partial charge in [0.2, 0.25) is 5.91 Å². The summed E-state index contributed by atoms with van der Waals surface area (Å²) in [6, 6.07) is 10.0. The number of aryl methyl sites for hydroxylation is 2. The Morgan fingerprint density at radius 3 is 2.83 bits per heavy atom. The zero-order valence-corrected chi connectivity index (χ0v) is 19.1. The minimum atomic E-state index is -0.233. The zero-order chi connectivity index (χ0) is 21.5. The van der Waals surface area contributed by atoms with Gasteiger partial charge >= 0.3 is 0 Å². The summed E-state index contributed by atoms with van der Waals surface area (Å²) in [5.41, 5.74) is 2.03. The smallest absolute Gasteiger partial charge is 0.259 e. The molecule has 1 aromatic carbocycles. The van der Waals surface area contributed by atoms with Gasteiger partial charge in [0, 0.05) is 18.0 Å². The fraction of sp³-hybridized carbons (Fsp3) is 0.409. The van der Waals surface area contributed by atoms with Gasteiger partial charge in [0.15, 0.2) is 0 Å². The number of rotatable bonds is 10. The molecule has 0 bridgehead atoms. The van der Waals surface area contributed by atoms with Crippen molar-refractivity contribution in [3.8, 4) is 0 Å². The van der Waals surface area contributed by atoms with Gasteiger partial charge in [-0.2, -0.15) is 0 Å². The van der Waals surface area contributed by atoms with E-state index in [1.54, 1.807) is 0 Å². The van der Waals surface area contributed by atoms with Crippen LogP contribution < -0.4 is 10.9 Å². The molecule has 1 atom stereocenters. The highest BCUT2D eigenvalue weighted by Crippen LogP contribution is 2.26. The third kappa shape index (κ3) is 5.93. The third-order valence-corrected chi connectivity index (χ3v) is 7.06. The van der Waals surface area contributed by atoms with Crippen molar-refractivity contribution < 1.29 is 9.53 Å². The number of aromatic nitrogens is 2. The van der Waals surface area contributed by atoms with Crippen LogP contribution in [0.1, 0.15) is 35.2 Å². The number of carbonyl (C=O) groups is 1. The van der Waals surface area contributed by atoms with Crippen molar-refractivity contribution >= 4 is 39.2 Å². The van der Waals surface area contributed by atoms with E-state index in [1.165, 1.54) is 23.1 Å². The summed E-state index contributed by atoms with van der Waals surface area (Å²) in [5.74, 6) is 1.07. The SMILES string of the molecule is Cc1sc2nc(CS[C@@H](C)C(=O)NCCCOCc3ccccc3)[nH]c(=O)c2c1C. The molecule has 0 fully saturated rings. The lowest BCUT2D eigenvalue weighted by molar-refractivity contribution is -0.120. The van der Waals surface area contributed by atoms with E-state index in [-0.39, 0.29) is 16.7 Å². The normalized spacial score (nSPS) is 12.2. The lowest BCUT2D eigenvalue weighted by atomic mass is 10.2. The molecule has 1 amide bonds. The number of H-pyrrole nitrogens is 1. The van der Waals surface area contributed by atoms with Crippen molar-refractivity contribution in [2.75, 3.05) is 13.2 Å². The zero-order valence-electron chi connectivity index (χ0n) is 17.5. The number of fused-ring (bicyclic) bond motifs is 1. The second-order valence-electron chi connectivity index (χ2n) is 7.11. The minimum Gasteiger partial charge on any atom is -0.377 e. The van der Waals surface area contributed by atoms with Gasteiger partial charge in [-0.25, -0.2) is 4.98 Å². The van der Waals surface area contributed by atoms with E-state index in [2.05, 4.69) is 15.3 Å². The third-order valence-electron chi connectivity index (χ3n) is 4.80. The van der Waals surface area contributed by atoms with Gasteiger partial charge < -0.3 is 15.0 Å². The Kier molecular flexibility index (Phi) is 8.07. The number of ether oxygens (including phenoxy) is 1. The predicted octanol–water partition coefficient (Wildman–Crippen LogP) is 3.95. The maximum atomic E-state index is 12.3. The molecule has 6 nitrogen and oxygen atoms in total. The lowest BCUT2D eigenvalue weighted by Gasteiger charge is -2.12. The molecule has 2 aromatic heterocycles. The molecule has 0 aliphatic carbocycles. The van der Waals surface area contributed by atoms with Gasteiger partial charge in [0.25, 0.3) is 5.56 Å². The number of thiophene rings is 1. The van der Waals surface area contributed by atoms with E-state index >= 15 is 0 Å². The maximum absolute atomic E-state index is 12.3. The summed E-state index contributed by atoms with van der Waals surface area (Å²) < 4.78 is 5.63. The van der Waals surface area contributed by atoms with E-state index in [1.807, 2.05) is 51.1 Å². The standard InChI is InChI=1S/C22H27N3O3S2/c1-14-15(2)30-22-19(14)21(27)24-18(25-22)13-29-16(3)20(26)23-10-7-11-28-12-17-8-5-4-6-9-17/h4-6,8-9,16H,7,10-13H2,1-3H3,(H,23,26)(H,24,25,27)/t16-/m0/s1. The Bertz CT molecular complexity index is 1050. The van der Waals surface area contributed by atoms with Crippen molar-refractivity contribution in [1.82, 2.24) is 15.3 Å². The van der Waals surface area contributed by atoms with Crippen molar-refractivity contribution in [1.29, 1.82) is 0 Å². The van der Waals surface area contributed by atoms with E-state index in [0.29, 0.717) is 36.7 Å². The Hall–Kier alpha value is -2.16. The van der Waals surface area contributed by atoms with Gasteiger partial charge in [0.05, 0.1) is 23.0 Å². The van der Waals surface area contributed by atoms with Crippen molar-refractivity contribution in [2.24, 2.45) is 0 Å². The van der Waals surface area contributed by atoms with Crippen molar-refractivity contribution in [2.45, 2.75) is 44.8 Å². The molecule has 0 aliphatic rings. The first-order valence-corrected chi connectivity index (χ1v) is 11.8. The highest BCUT2D eigenvalue weighted by Gasteiger charge is 2.15. The molecule has 0 spiro atoms. The molecule has 3 rings (SSSR count). The fourth-order valence-electron chi connectivity index (χ4n) is 2.94. The molecule has 30 heavy (non-hydrogen) atoms. The highest BCUT2D eigenvalue weighted by atomic mass is 32.2. The van der Waals surface area contributed by atoms with E-state index < -0.39 is 0 Å². The van der Waals surface area contributed by atoms with Crippen LogP contribution in [0, 0.1) is 13.8 Å². The summed E-state index contributed by atoms with van der Waals surface area (Å²) in [7, 11) is 0. The van der Waals surface area contributed by atoms with E-state index in [4.69, 9.17) is 4.74 Å². The largest absolute Gasteiger partial charge is 0.377 e. The van der Waals surface area contributed by atoms with Gasteiger partial charge in [0.1, 0.15) is 10.7 Å². The first-order valence-electron chi connectivity index (χ1n) is 9.95. The minimum absolute atomic E-state index is 0.0192. The Labute approximate surface area is 184 Å². The fourth-order valence-corrected chi connectivity index (χ4v) is 4.77. The number of thioether (sulfide) groups is 1. The molecular formula is C22H27N3O3S2. The molecule has 2 N–H and O–H groups in total. The molecule has 0 saturated heterocycles. The van der Waals surface area contributed by atoms with Crippen LogP contribution in [-0.4, -0.2) is 34.3 Å². The summed E-state index contributed by atoms with van der Waals surface area (Å²) in [5, 5.41) is 3.38. The monoisotopic (exact) mass is 445 g/mol. The molecule has 0 radical (unpaired) electrons. The van der Waals surface area contributed by atoms with Crippen LogP contribution in [0.3, 0.4) is 0 Å². The number of hydrogen-bond acceptors (Lipinski definition) is 6. The van der Waals surface area contributed by atoms with Crippen LogP contribution in [0.2, 0.25) is 0 Å². The van der Waals surface area contributed by atoms with Gasteiger partial charge in [-0.15, -0.1) is 23.1 Å². The number of carbonyl (C=O) groups excluding carboxylic acids is 1. The topological polar surface area (TPSA) is 84.1 Å². The first-order chi connectivity index (χ1) is 14.5.